The molecule has 1 heterocycles. The van der Waals surface area contributed by atoms with Gasteiger partial charge in [0.1, 0.15) is 0 Å². The number of hydrogen-bond donors (Lipinski definition) is 2. The predicted molar refractivity (Wildman–Crippen MR) is 83.6 cm³/mol. The van der Waals surface area contributed by atoms with Crippen LogP contribution in [0.2, 0.25) is 0 Å². The molecule has 1 aromatic carbocycles. The average molecular weight is 380 g/mol. The molecule has 2 N–H and O–H groups in total. The fraction of sp³-hybridized carbons (Fsp3) is 0.533. The van der Waals surface area contributed by atoms with Crippen LogP contribution in [0.4, 0.5) is 13.2 Å². The molecule has 1 aliphatic rings. The van der Waals surface area contributed by atoms with Gasteiger partial charge in [0.05, 0.1) is 23.1 Å². The molecule has 1 saturated heterocycles. The summed E-state index contributed by atoms with van der Waals surface area (Å²) in [7, 11) is -3.16. The van der Waals surface area contributed by atoms with E-state index in [0.717, 1.165) is 38.8 Å². The number of nitrogens with one attached hydrogen (secondary N) is 2. The lowest BCUT2D eigenvalue weighted by Crippen LogP contribution is -2.27. The zero-order valence-electron chi connectivity index (χ0n) is 13.5. The van der Waals surface area contributed by atoms with Crippen LogP contribution in [0.1, 0.15) is 28.8 Å². The largest absolute Gasteiger partial charge is 0.465 e. The molecule has 0 radical (unpaired) electrons. The summed E-state index contributed by atoms with van der Waals surface area (Å²) in [5.41, 5.74) is -2.08. The van der Waals surface area contributed by atoms with E-state index in [1.165, 1.54) is 0 Å². The van der Waals surface area contributed by atoms with Crippen LogP contribution in [0.15, 0.2) is 23.1 Å². The van der Waals surface area contributed by atoms with Crippen LogP contribution in [0.25, 0.3) is 0 Å². The number of benzene rings is 1. The Labute approximate surface area is 143 Å². The van der Waals surface area contributed by atoms with E-state index in [0.29, 0.717) is 18.4 Å². The smallest absolute Gasteiger partial charge is 0.417 e. The Morgan fingerprint density at radius 1 is 1.40 bits per heavy atom. The molecule has 0 aromatic heterocycles. The zero-order valence-corrected chi connectivity index (χ0v) is 14.3. The van der Waals surface area contributed by atoms with Gasteiger partial charge < -0.3 is 10.1 Å². The molecule has 1 aliphatic heterocycles. The molecule has 0 spiro atoms. The summed E-state index contributed by atoms with van der Waals surface area (Å²) in [5, 5.41) is 3.15. The van der Waals surface area contributed by atoms with Crippen molar-refractivity contribution in [3.63, 3.8) is 0 Å². The molecule has 10 heteroatoms. The molecule has 0 bridgehead atoms. The lowest BCUT2D eigenvalue weighted by Gasteiger charge is -2.14. The van der Waals surface area contributed by atoms with E-state index < -0.39 is 38.2 Å². The minimum Gasteiger partial charge on any atom is -0.465 e. The highest BCUT2D eigenvalue weighted by molar-refractivity contribution is 7.89. The van der Waals surface area contributed by atoms with E-state index in [-0.39, 0.29) is 6.54 Å². The predicted octanol–water partition coefficient (Wildman–Crippen LogP) is 1.77. The van der Waals surface area contributed by atoms with Gasteiger partial charge in [0.25, 0.3) is 0 Å². The first kappa shape index (κ1) is 19.7. The molecule has 0 saturated carbocycles. The minimum atomic E-state index is -4.88. The monoisotopic (exact) mass is 380 g/mol. The van der Waals surface area contributed by atoms with Crippen molar-refractivity contribution >= 4 is 16.0 Å². The summed E-state index contributed by atoms with van der Waals surface area (Å²) in [5.74, 6) is -0.840. The van der Waals surface area contributed by atoms with Gasteiger partial charge in [0.2, 0.25) is 10.0 Å². The number of hydrogen-bond acceptors (Lipinski definition) is 5. The second kappa shape index (κ2) is 7.71. The zero-order chi connectivity index (χ0) is 18.7. The fourth-order valence-electron chi connectivity index (χ4n) is 2.65. The van der Waals surface area contributed by atoms with Crippen LogP contribution in [-0.2, 0) is 20.9 Å². The van der Waals surface area contributed by atoms with Gasteiger partial charge in [-0.3, -0.25) is 0 Å². The van der Waals surface area contributed by atoms with Gasteiger partial charge in [0, 0.05) is 6.54 Å². The number of sulfonamides is 1. The SMILES string of the molecule is COC(=O)c1ccc(S(=O)(=O)NCCC2CCNC2)cc1C(F)(F)F. The van der Waals surface area contributed by atoms with E-state index in [1.807, 2.05) is 0 Å². The first-order valence-corrected chi connectivity index (χ1v) is 9.13. The van der Waals surface area contributed by atoms with E-state index in [2.05, 4.69) is 14.8 Å². The van der Waals surface area contributed by atoms with Crippen LogP contribution in [0.3, 0.4) is 0 Å². The third-order valence-corrected chi connectivity index (χ3v) is 5.48. The summed E-state index contributed by atoms with van der Waals surface area (Å²) in [4.78, 5) is 10.9. The van der Waals surface area contributed by atoms with E-state index in [4.69, 9.17) is 0 Å². The van der Waals surface area contributed by atoms with E-state index >= 15 is 0 Å². The Kier molecular flexibility index (Phi) is 6.07. The number of rotatable bonds is 6. The highest BCUT2D eigenvalue weighted by Gasteiger charge is 2.37. The second-order valence-corrected chi connectivity index (χ2v) is 7.51. The second-order valence-electron chi connectivity index (χ2n) is 5.74. The molecule has 1 fully saturated rings. The molecule has 0 amide bonds. The topological polar surface area (TPSA) is 84.5 Å². The number of carbonyl (C=O) groups is 1. The summed E-state index contributed by atoms with van der Waals surface area (Å²) >= 11 is 0. The number of esters is 1. The van der Waals surface area contributed by atoms with Crippen molar-refractivity contribution < 1.29 is 31.1 Å². The molecular weight excluding hydrogens is 361 g/mol. The Bertz CT molecular complexity index is 729. The maximum Gasteiger partial charge on any atom is 0.417 e. The van der Waals surface area contributed by atoms with Crippen molar-refractivity contribution in [1.29, 1.82) is 0 Å². The summed E-state index contributed by atoms with van der Waals surface area (Å²) < 4.78 is 70.5. The highest BCUT2D eigenvalue weighted by Crippen LogP contribution is 2.34. The Morgan fingerprint density at radius 3 is 2.68 bits per heavy atom. The van der Waals surface area contributed by atoms with E-state index in [9.17, 15) is 26.4 Å². The third kappa shape index (κ3) is 4.93. The van der Waals surface area contributed by atoms with Gasteiger partial charge in [-0.05, 0) is 50.0 Å². The van der Waals surface area contributed by atoms with Crippen LogP contribution in [0.5, 0.6) is 0 Å². The van der Waals surface area contributed by atoms with E-state index in [1.54, 1.807) is 0 Å². The summed E-state index contributed by atoms with van der Waals surface area (Å²) in [6.07, 6.45) is -3.35. The number of alkyl halides is 3. The van der Waals surface area contributed by atoms with Crippen LogP contribution < -0.4 is 10.0 Å². The molecule has 0 aliphatic carbocycles. The van der Waals surface area contributed by atoms with Crippen LogP contribution in [0, 0.1) is 5.92 Å². The van der Waals surface area contributed by atoms with Gasteiger partial charge in [0.15, 0.2) is 0 Å². The number of ether oxygens (including phenoxy) is 1. The van der Waals surface area contributed by atoms with Gasteiger partial charge in [-0.1, -0.05) is 0 Å². The van der Waals surface area contributed by atoms with Crippen LogP contribution >= 0.6 is 0 Å². The van der Waals surface area contributed by atoms with Gasteiger partial charge in [-0.15, -0.1) is 0 Å². The lowest BCUT2D eigenvalue weighted by atomic mass is 10.1. The fourth-order valence-corrected chi connectivity index (χ4v) is 3.73. The van der Waals surface area contributed by atoms with Crippen LogP contribution in [-0.4, -0.2) is 41.1 Å². The third-order valence-electron chi connectivity index (χ3n) is 4.02. The van der Waals surface area contributed by atoms with Gasteiger partial charge in [-0.2, -0.15) is 13.2 Å². The van der Waals surface area contributed by atoms with Crippen molar-refractivity contribution in [1.82, 2.24) is 10.0 Å². The molecule has 6 nitrogen and oxygen atoms in total. The highest BCUT2D eigenvalue weighted by atomic mass is 32.2. The van der Waals surface area contributed by atoms with Gasteiger partial charge in [-0.25, -0.2) is 17.9 Å². The van der Waals surface area contributed by atoms with Gasteiger partial charge >= 0.3 is 12.1 Å². The first-order chi connectivity index (χ1) is 11.6. The quantitative estimate of drug-likeness (QED) is 0.735. The standard InChI is InChI=1S/C15H19F3N2O4S/c1-24-14(21)12-3-2-11(8-13(12)15(16,17)18)25(22,23)20-7-5-10-4-6-19-9-10/h2-3,8,10,19-20H,4-7,9H2,1H3. The molecule has 1 atom stereocenters. The Morgan fingerprint density at radius 2 is 2.12 bits per heavy atom. The van der Waals surface area contributed by atoms with Crippen molar-refractivity contribution in [3.05, 3.63) is 29.3 Å². The molecular formula is C15H19F3N2O4S. The Hall–Kier alpha value is -1.65. The normalized spacial score (nSPS) is 18.3. The summed E-state index contributed by atoms with van der Waals surface area (Å²) in [6, 6.07) is 2.22. The number of carbonyl (C=O) groups excluding carboxylic acids is 1. The molecule has 25 heavy (non-hydrogen) atoms. The Balaban J connectivity index is 2.20. The maximum absolute atomic E-state index is 13.1. The average Bonchev–Trinajstić information content (AvgIpc) is 3.06. The number of methoxy groups -OCH3 is 1. The van der Waals surface area contributed by atoms with Crippen molar-refractivity contribution in [2.24, 2.45) is 5.92 Å². The van der Waals surface area contributed by atoms with Crippen molar-refractivity contribution in [2.75, 3.05) is 26.7 Å². The molecule has 1 unspecified atom stereocenters. The summed E-state index contributed by atoms with van der Waals surface area (Å²) in [6.45, 7) is 1.81. The number of halogens is 3. The minimum absolute atomic E-state index is 0.134. The molecule has 2 rings (SSSR count). The molecule has 140 valence electrons. The van der Waals surface area contributed by atoms with Crippen molar-refractivity contribution in [3.8, 4) is 0 Å². The maximum atomic E-state index is 13.1. The molecule has 1 aromatic rings. The van der Waals surface area contributed by atoms with Crippen molar-refractivity contribution in [2.45, 2.75) is 23.9 Å². The lowest BCUT2D eigenvalue weighted by molar-refractivity contribution is -0.138. The first-order valence-electron chi connectivity index (χ1n) is 7.65.